The zero-order valence-corrected chi connectivity index (χ0v) is 19.0. The van der Waals surface area contributed by atoms with E-state index in [4.69, 9.17) is 20.2 Å². The Bertz CT molecular complexity index is 1200. The second-order valence-corrected chi connectivity index (χ2v) is 8.34. The molecule has 1 fully saturated rings. The van der Waals surface area contributed by atoms with Gasteiger partial charge >= 0.3 is 0 Å². The van der Waals surface area contributed by atoms with Gasteiger partial charge in [0.15, 0.2) is 11.6 Å². The summed E-state index contributed by atoms with van der Waals surface area (Å²) in [5.41, 5.74) is 11.1. The van der Waals surface area contributed by atoms with E-state index in [1.165, 1.54) is 0 Å². The number of ether oxygens (including phenoxy) is 2. The topological polar surface area (TPSA) is 125 Å². The molecule has 2 unspecified atom stereocenters. The number of aliphatic imine (C=N–C) groups is 1. The van der Waals surface area contributed by atoms with Crippen LogP contribution in [0.5, 0.6) is 5.75 Å². The van der Waals surface area contributed by atoms with E-state index in [-0.39, 0.29) is 6.04 Å². The Balaban J connectivity index is 1.53. The van der Waals surface area contributed by atoms with Crippen LogP contribution in [-0.4, -0.2) is 51.8 Å². The lowest BCUT2D eigenvalue weighted by Gasteiger charge is -2.34. The van der Waals surface area contributed by atoms with Gasteiger partial charge in [0.25, 0.3) is 0 Å². The molecule has 0 saturated carbocycles. The number of aromatic nitrogens is 4. The van der Waals surface area contributed by atoms with E-state index in [0.717, 1.165) is 47.2 Å². The Morgan fingerprint density at radius 2 is 2.24 bits per heavy atom. The van der Waals surface area contributed by atoms with Gasteiger partial charge in [0, 0.05) is 36.7 Å². The largest absolute Gasteiger partial charge is 0.493 e. The summed E-state index contributed by atoms with van der Waals surface area (Å²) in [6, 6.07) is 7.99. The maximum absolute atomic E-state index is 6.84. The number of aryl methyl sites for hydroxylation is 2. The van der Waals surface area contributed by atoms with Crippen LogP contribution >= 0.6 is 0 Å². The molecule has 0 spiro atoms. The van der Waals surface area contributed by atoms with Gasteiger partial charge in [-0.1, -0.05) is 6.07 Å². The van der Waals surface area contributed by atoms with Gasteiger partial charge in [-0.15, -0.1) is 10.2 Å². The summed E-state index contributed by atoms with van der Waals surface area (Å²) in [5.74, 6) is 0.890. The maximum Gasteiger partial charge on any atom is 0.212 e. The smallest absolute Gasteiger partial charge is 0.212 e. The number of hydrogen-bond acceptors (Lipinski definition) is 9. The molecule has 10 heteroatoms. The molecule has 4 N–H and O–H groups in total. The minimum atomic E-state index is -1.23. The van der Waals surface area contributed by atoms with E-state index in [9.17, 15) is 0 Å². The van der Waals surface area contributed by atoms with Crippen molar-refractivity contribution in [2.45, 2.75) is 32.1 Å². The van der Waals surface area contributed by atoms with Crippen molar-refractivity contribution in [1.29, 1.82) is 0 Å². The van der Waals surface area contributed by atoms with Gasteiger partial charge in [-0.25, -0.2) is 9.98 Å². The number of anilines is 2. The molecule has 2 aromatic heterocycles. The molecule has 1 aromatic carbocycles. The molecule has 33 heavy (non-hydrogen) atoms. The van der Waals surface area contributed by atoms with Crippen molar-refractivity contribution in [2.75, 3.05) is 30.5 Å². The summed E-state index contributed by atoms with van der Waals surface area (Å²) in [6.07, 6.45) is 4.39. The molecule has 5 rings (SSSR count). The number of nitrogens with two attached hydrogens (primary N) is 1. The predicted molar refractivity (Wildman–Crippen MR) is 127 cm³/mol. The molecule has 2 atom stereocenters. The van der Waals surface area contributed by atoms with Crippen LogP contribution in [0.3, 0.4) is 0 Å². The van der Waals surface area contributed by atoms with Crippen molar-refractivity contribution in [3.05, 3.63) is 47.4 Å². The standard InChI is InChI=1S/C23H28N8O2/c1-4-33-19-10-15(22-30-26-13-31(22)3)5-6-18(19)23(24)25-11-16-9-14(2)27-21(20(16)29-23)28-17-7-8-32-12-17/h5-6,9-11,13,17,29H,4,7-8,12,24H2,1-3H3,(H,27,28). The van der Waals surface area contributed by atoms with Crippen molar-refractivity contribution in [3.63, 3.8) is 0 Å². The molecule has 172 valence electrons. The molecule has 10 nitrogen and oxygen atoms in total. The SMILES string of the molecule is CCOc1cc(-c2nncn2C)ccc1C1(N)N=Cc2cc(C)nc(NC3CCOC3)c2N1. The van der Waals surface area contributed by atoms with Crippen LogP contribution in [-0.2, 0) is 17.6 Å². The van der Waals surface area contributed by atoms with Crippen molar-refractivity contribution in [3.8, 4) is 17.1 Å². The Labute approximate surface area is 192 Å². The highest BCUT2D eigenvalue weighted by atomic mass is 16.5. The number of nitrogens with one attached hydrogen (secondary N) is 2. The molecular weight excluding hydrogens is 420 g/mol. The number of nitrogens with zero attached hydrogens (tertiary/aromatic N) is 5. The van der Waals surface area contributed by atoms with Crippen LogP contribution in [0.4, 0.5) is 11.5 Å². The first-order chi connectivity index (χ1) is 16.0. The lowest BCUT2D eigenvalue weighted by molar-refractivity contribution is 0.195. The molecule has 0 radical (unpaired) electrons. The molecule has 2 aliphatic rings. The van der Waals surface area contributed by atoms with Crippen LogP contribution in [0, 0.1) is 6.92 Å². The lowest BCUT2D eigenvalue weighted by atomic mass is 10.0. The summed E-state index contributed by atoms with van der Waals surface area (Å²) < 4.78 is 13.4. The summed E-state index contributed by atoms with van der Waals surface area (Å²) in [5, 5.41) is 15.1. The first-order valence-electron chi connectivity index (χ1n) is 11.1. The van der Waals surface area contributed by atoms with Crippen molar-refractivity contribution >= 4 is 17.7 Å². The summed E-state index contributed by atoms with van der Waals surface area (Å²) in [6.45, 7) is 5.79. The van der Waals surface area contributed by atoms with E-state index >= 15 is 0 Å². The van der Waals surface area contributed by atoms with Gasteiger partial charge in [0.1, 0.15) is 12.1 Å². The molecule has 0 bridgehead atoms. The van der Waals surface area contributed by atoms with Gasteiger partial charge in [-0.05, 0) is 38.5 Å². The van der Waals surface area contributed by atoms with E-state index in [0.29, 0.717) is 24.5 Å². The fourth-order valence-electron chi connectivity index (χ4n) is 4.20. The van der Waals surface area contributed by atoms with Crippen LogP contribution in [0.2, 0.25) is 0 Å². The Morgan fingerprint density at radius 3 is 2.97 bits per heavy atom. The lowest BCUT2D eigenvalue weighted by Crippen LogP contribution is -2.45. The normalized spacial score (nSPS) is 21.5. The highest BCUT2D eigenvalue weighted by molar-refractivity contribution is 5.94. The molecule has 0 aliphatic carbocycles. The number of fused-ring (bicyclic) bond motifs is 1. The summed E-state index contributed by atoms with van der Waals surface area (Å²) in [7, 11) is 1.90. The summed E-state index contributed by atoms with van der Waals surface area (Å²) in [4.78, 5) is 9.42. The number of hydrogen-bond donors (Lipinski definition) is 3. The maximum atomic E-state index is 6.84. The molecule has 2 aliphatic heterocycles. The second kappa shape index (κ2) is 8.45. The summed E-state index contributed by atoms with van der Waals surface area (Å²) >= 11 is 0. The quantitative estimate of drug-likeness (QED) is 0.525. The van der Waals surface area contributed by atoms with Gasteiger partial charge in [0.2, 0.25) is 5.79 Å². The number of rotatable bonds is 6. The second-order valence-electron chi connectivity index (χ2n) is 8.34. The van der Waals surface area contributed by atoms with Crippen molar-refractivity contribution in [2.24, 2.45) is 17.8 Å². The zero-order chi connectivity index (χ0) is 23.0. The highest BCUT2D eigenvalue weighted by Gasteiger charge is 2.35. The van der Waals surface area contributed by atoms with Crippen LogP contribution in [0.1, 0.15) is 30.2 Å². The average molecular weight is 449 g/mol. The van der Waals surface area contributed by atoms with Gasteiger partial charge in [-0.2, -0.15) is 0 Å². The number of pyridine rings is 1. The van der Waals surface area contributed by atoms with Crippen molar-refractivity contribution < 1.29 is 9.47 Å². The van der Waals surface area contributed by atoms with Crippen LogP contribution < -0.4 is 21.1 Å². The minimum absolute atomic E-state index is 0.209. The van der Waals surface area contributed by atoms with E-state index in [1.807, 2.05) is 49.7 Å². The van der Waals surface area contributed by atoms with Gasteiger partial charge in [0.05, 0.1) is 30.5 Å². The van der Waals surface area contributed by atoms with Gasteiger partial charge < -0.3 is 24.7 Å². The Hall–Kier alpha value is -3.50. The first kappa shape index (κ1) is 21.4. The molecular formula is C23H28N8O2. The van der Waals surface area contributed by atoms with Crippen LogP contribution in [0.15, 0.2) is 35.6 Å². The monoisotopic (exact) mass is 448 g/mol. The molecule has 0 amide bonds. The van der Waals surface area contributed by atoms with E-state index in [2.05, 4.69) is 25.8 Å². The van der Waals surface area contributed by atoms with E-state index < -0.39 is 5.79 Å². The average Bonchev–Trinajstić information content (AvgIpc) is 3.46. The predicted octanol–water partition coefficient (Wildman–Crippen LogP) is 2.40. The molecule has 1 saturated heterocycles. The first-order valence-corrected chi connectivity index (χ1v) is 11.1. The number of benzene rings is 1. The van der Waals surface area contributed by atoms with Crippen molar-refractivity contribution in [1.82, 2.24) is 19.7 Å². The fourth-order valence-corrected chi connectivity index (χ4v) is 4.20. The minimum Gasteiger partial charge on any atom is -0.493 e. The molecule has 3 aromatic rings. The highest BCUT2D eigenvalue weighted by Crippen LogP contribution is 2.39. The third kappa shape index (κ3) is 4.03. The fraction of sp³-hybridized carbons (Fsp3) is 0.391. The van der Waals surface area contributed by atoms with Gasteiger partial charge in [-0.3, -0.25) is 5.73 Å². The van der Waals surface area contributed by atoms with E-state index in [1.54, 1.807) is 12.5 Å². The zero-order valence-electron chi connectivity index (χ0n) is 19.0. The third-order valence-corrected chi connectivity index (χ3v) is 5.83. The Morgan fingerprint density at radius 1 is 1.36 bits per heavy atom. The third-order valence-electron chi connectivity index (χ3n) is 5.83. The Kier molecular flexibility index (Phi) is 5.47. The molecule has 4 heterocycles. The van der Waals surface area contributed by atoms with Crippen LogP contribution in [0.25, 0.3) is 11.4 Å².